The molecule has 0 unspecified atom stereocenters. The summed E-state index contributed by atoms with van der Waals surface area (Å²) < 4.78 is 17.4. The largest absolute Gasteiger partial charge is 0.487 e. The van der Waals surface area contributed by atoms with Crippen LogP contribution in [0.15, 0.2) is 72.2 Å². The first-order valence-electron chi connectivity index (χ1n) is 9.37. The van der Waals surface area contributed by atoms with E-state index in [-0.39, 0.29) is 11.3 Å². The van der Waals surface area contributed by atoms with Gasteiger partial charge in [0.1, 0.15) is 18.1 Å². The number of hydrogen-bond acceptors (Lipinski definition) is 7. The van der Waals surface area contributed by atoms with Crippen molar-refractivity contribution in [3.63, 3.8) is 0 Å². The van der Waals surface area contributed by atoms with Crippen LogP contribution in [0.5, 0.6) is 5.75 Å². The van der Waals surface area contributed by atoms with E-state index in [4.69, 9.17) is 14.2 Å². The number of aromatic nitrogens is 2. The minimum absolute atomic E-state index is 0.0647. The fourth-order valence-corrected chi connectivity index (χ4v) is 2.99. The second-order valence-corrected chi connectivity index (χ2v) is 6.24. The van der Waals surface area contributed by atoms with E-state index in [1.165, 1.54) is 20.3 Å². The first-order valence-corrected chi connectivity index (χ1v) is 9.37. The van der Waals surface area contributed by atoms with Crippen LogP contribution in [0.2, 0.25) is 0 Å². The van der Waals surface area contributed by atoms with Gasteiger partial charge in [-0.25, -0.2) is 9.59 Å². The lowest BCUT2D eigenvalue weighted by atomic mass is 10.1. The van der Waals surface area contributed by atoms with Crippen molar-refractivity contribution >= 4 is 17.6 Å². The van der Waals surface area contributed by atoms with Gasteiger partial charge in [-0.2, -0.15) is 5.10 Å². The van der Waals surface area contributed by atoms with Crippen molar-refractivity contribution in [2.45, 2.75) is 20.1 Å². The molecule has 1 aromatic heterocycles. The zero-order valence-corrected chi connectivity index (χ0v) is 17.1. The van der Waals surface area contributed by atoms with E-state index in [9.17, 15) is 9.59 Å². The van der Waals surface area contributed by atoms with Crippen LogP contribution in [0.1, 0.15) is 12.6 Å². The van der Waals surface area contributed by atoms with Crippen LogP contribution in [0, 0.1) is 0 Å². The summed E-state index contributed by atoms with van der Waals surface area (Å²) in [5.74, 6) is -0.621. The fourth-order valence-electron chi connectivity index (χ4n) is 2.99. The van der Waals surface area contributed by atoms with Crippen molar-refractivity contribution in [1.29, 1.82) is 0 Å². The summed E-state index contributed by atoms with van der Waals surface area (Å²) in [6.07, 6.45) is 8.31. The molecule has 0 spiro atoms. The highest BCUT2D eigenvalue weighted by atomic mass is 16.5. The second-order valence-electron chi connectivity index (χ2n) is 6.24. The van der Waals surface area contributed by atoms with E-state index in [0.717, 1.165) is 12.2 Å². The molecule has 1 aliphatic heterocycles. The Kier molecular flexibility index (Phi) is 6.69. The molecule has 0 bridgehead atoms. The number of methoxy groups -OCH3 is 2. The number of nitrogens with zero attached hydrogens (tertiary/aromatic N) is 3. The van der Waals surface area contributed by atoms with E-state index in [1.54, 1.807) is 53.7 Å². The van der Waals surface area contributed by atoms with Gasteiger partial charge in [0.2, 0.25) is 0 Å². The van der Waals surface area contributed by atoms with Gasteiger partial charge in [-0.05, 0) is 49.4 Å². The molecule has 8 heteroatoms. The summed E-state index contributed by atoms with van der Waals surface area (Å²) in [6, 6.07) is 9.08. The molecule has 3 rings (SSSR count). The van der Waals surface area contributed by atoms with Crippen molar-refractivity contribution < 1.29 is 23.8 Å². The molecule has 2 heterocycles. The van der Waals surface area contributed by atoms with Crippen LogP contribution in [-0.4, -0.2) is 35.9 Å². The molecule has 1 aromatic carbocycles. The predicted molar refractivity (Wildman–Crippen MR) is 110 cm³/mol. The van der Waals surface area contributed by atoms with Crippen LogP contribution in [0.3, 0.4) is 0 Å². The Morgan fingerprint density at radius 3 is 2.40 bits per heavy atom. The molecule has 8 nitrogen and oxygen atoms in total. The number of carbonyl (C=O) groups is 2. The highest BCUT2D eigenvalue weighted by Gasteiger charge is 2.27. The van der Waals surface area contributed by atoms with Gasteiger partial charge in [0.25, 0.3) is 0 Å². The Hall–Kier alpha value is -3.81. The lowest BCUT2D eigenvalue weighted by Gasteiger charge is -2.23. The van der Waals surface area contributed by atoms with Gasteiger partial charge in [0, 0.05) is 24.6 Å². The maximum Gasteiger partial charge on any atom is 0.355 e. The molecule has 0 saturated heterocycles. The van der Waals surface area contributed by atoms with Gasteiger partial charge in [-0.15, -0.1) is 0 Å². The van der Waals surface area contributed by atoms with Gasteiger partial charge in [-0.3, -0.25) is 4.68 Å². The molecule has 156 valence electrons. The summed E-state index contributed by atoms with van der Waals surface area (Å²) >= 11 is 0. The predicted octanol–water partition coefficient (Wildman–Crippen LogP) is 2.97. The van der Waals surface area contributed by atoms with Crippen molar-refractivity contribution in [2.24, 2.45) is 0 Å². The van der Waals surface area contributed by atoms with Crippen LogP contribution >= 0.6 is 0 Å². The average molecular weight is 409 g/mol. The number of allylic oxidation sites excluding steroid dienone is 2. The number of rotatable bonds is 7. The Morgan fingerprint density at radius 2 is 1.73 bits per heavy atom. The highest BCUT2D eigenvalue weighted by molar-refractivity contribution is 6.05. The first kappa shape index (κ1) is 20.9. The number of hydrogen-bond donors (Lipinski definition) is 0. The van der Waals surface area contributed by atoms with Gasteiger partial charge in [0.05, 0.1) is 25.5 Å². The molecule has 0 fully saturated rings. The third-order valence-electron chi connectivity index (χ3n) is 4.49. The summed E-state index contributed by atoms with van der Waals surface area (Å²) in [5, 5.41) is 4.22. The van der Waals surface area contributed by atoms with E-state index in [2.05, 4.69) is 5.10 Å². The maximum absolute atomic E-state index is 12.5. The van der Waals surface area contributed by atoms with E-state index >= 15 is 0 Å². The highest BCUT2D eigenvalue weighted by Crippen LogP contribution is 2.28. The topological polar surface area (TPSA) is 82.9 Å². The van der Waals surface area contributed by atoms with E-state index in [1.807, 2.05) is 17.7 Å². The lowest BCUT2D eigenvalue weighted by Crippen LogP contribution is -2.26. The Labute approximate surface area is 174 Å². The third kappa shape index (κ3) is 4.43. The van der Waals surface area contributed by atoms with Gasteiger partial charge in [-0.1, -0.05) is 6.08 Å². The molecule has 0 N–H and O–H groups in total. The number of carbonyl (C=O) groups excluding carboxylic acids is 2. The smallest absolute Gasteiger partial charge is 0.355 e. The molecule has 0 aliphatic carbocycles. The van der Waals surface area contributed by atoms with Crippen molar-refractivity contribution in [3.05, 3.63) is 77.9 Å². The number of anilines is 1. The Balaban J connectivity index is 1.86. The SMILES string of the molecule is CCn1nccc1COc1ccc(N2C=CC=CC(C(=O)OC)=C2C(=O)OC)cc1. The van der Waals surface area contributed by atoms with Gasteiger partial charge < -0.3 is 19.1 Å². The molecule has 2 aromatic rings. The normalized spacial score (nSPS) is 13.2. The number of ether oxygens (including phenoxy) is 3. The molecule has 30 heavy (non-hydrogen) atoms. The number of benzene rings is 1. The summed E-state index contributed by atoms with van der Waals surface area (Å²) in [4.78, 5) is 26.3. The first-order chi connectivity index (χ1) is 14.6. The van der Waals surface area contributed by atoms with Crippen molar-refractivity contribution in [3.8, 4) is 5.75 Å². The minimum Gasteiger partial charge on any atom is -0.487 e. The molecular formula is C22H23N3O5. The molecule has 0 radical (unpaired) electrons. The lowest BCUT2D eigenvalue weighted by molar-refractivity contribution is -0.139. The molecule has 0 atom stereocenters. The third-order valence-corrected chi connectivity index (χ3v) is 4.49. The maximum atomic E-state index is 12.5. The molecule has 0 amide bonds. The average Bonchev–Trinajstić information content (AvgIpc) is 3.13. The summed E-state index contributed by atoms with van der Waals surface area (Å²) in [6.45, 7) is 3.18. The zero-order chi connectivity index (χ0) is 21.5. The van der Waals surface area contributed by atoms with E-state index in [0.29, 0.717) is 18.0 Å². The van der Waals surface area contributed by atoms with E-state index < -0.39 is 11.9 Å². The monoisotopic (exact) mass is 409 g/mol. The van der Waals surface area contributed by atoms with Crippen LogP contribution < -0.4 is 9.64 Å². The molecular weight excluding hydrogens is 386 g/mol. The number of esters is 2. The standard InChI is InChI=1S/C22H23N3O5/c1-4-25-17(12-13-23-25)15-30-18-10-8-16(9-11-18)24-14-6-5-7-19(21(26)28-2)20(24)22(27)29-3/h5-14H,4,15H2,1-3H3. The summed E-state index contributed by atoms with van der Waals surface area (Å²) in [5.41, 5.74) is 1.79. The quantitative estimate of drug-likeness (QED) is 0.650. The van der Waals surface area contributed by atoms with Gasteiger partial charge >= 0.3 is 11.9 Å². The Bertz CT molecular complexity index is 1000. The van der Waals surface area contributed by atoms with Crippen molar-refractivity contribution in [1.82, 2.24) is 9.78 Å². The second kappa shape index (κ2) is 9.60. The van der Waals surface area contributed by atoms with Crippen LogP contribution in [0.25, 0.3) is 0 Å². The fraction of sp³-hybridized carbons (Fsp3) is 0.227. The van der Waals surface area contributed by atoms with Gasteiger partial charge in [0.15, 0.2) is 0 Å². The molecule has 0 saturated carbocycles. The minimum atomic E-state index is -0.653. The number of aryl methyl sites for hydroxylation is 1. The summed E-state index contributed by atoms with van der Waals surface area (Å²) in [7, 11) is 2.52. The van der Waals surface area contributed by atoms with Crippen LogP contribution in [0.4, 0.5) is 5.69 Å². The zero-order valence-electron chi connectivity index (χ0n) is 17.1. The molecule has 1 aliphatic rings. The van der Waals surface area contributed by atoms with Crippen molar-refractivity contribution in [2.75, 3.05) is 19.1 Å². The Morgan fingerprint density at radius 1 is 1.00 bits per heavy atom. The van der Waals surface area contributed by atoms with Crippen LogP contribution in [-0.2, 0) is 32.2 Å².